The highest BCUT2D eigenvalue weighted by Crippen LogP contribution is 2.29. The number of hydrogen-bond donors (Lipinski definition) is 2. The molecule has 38 heavy (non-hydrogen) atoms. The van der Waals surface area contributed by atoms with Crippen LogP contribution in [0.25, 0.3) is 10.9 Å². The van der Waals surface area contributed by atoms with Gasteiger partial charge >= 0.3 is 0 Å². The number of nitrogens with zero attached hydrogens (tertiary/aromatic N) is 3. The molecule has 0 bridgehead atoms. The highest BCUT2D eigenvalue weighted by atomic mass is 16.5. The normalized spacial score (nSPS) is 11.8. The molecule has 2 N–H and O–H groups in total. The number of aryl methyl sites for hydroxylation is 2. The summed E-state index contributed by atoms with van der Waals surface area (Å²) in [4.78, 5) is 15.1. The van der Waals surface area contributed by atoms with Crippen molar-refractivity contribution in [3.63, 3.8) is 0 Å². The largest absolute Gasteiger partial charge is 0.497 e. The van der Waals surface area contributed by atoms with E-state index in [1.807, 2.05) is 60.8 Å². The molecule has 0 radical (unpaired) electrons. The van der Waals surface area contributed by atoms with Gasteiger partial charge in [-0.2, -0.15) is 0 Å². The van der Waals surface area contributed by atoms with Crippen LogP contribution in [0.1, 0.15) is 34.4 Å². The van der Waals surface area contributed by atoms with Crippen LogP contribution in [-0.4, -0.2) is 40.4 Å². The zero-order chi connectivity index (χ0) is 26.3. The third kappa shape index (κ3) is 5.39. The van der Waals surface area contributed by atoms with Crippen molar-refractivity contribution in [2.24, 2.45) is 0 Å². The highest BCUT2D eigenvalue weighted by molar-refractivity contribution is 5.83. The number of ether oxygens (including phenoxy) is 2. The number of carbonyl (C=O) groups is 1. The lowest BCUT2D eigenvalue weighted by Crippen LogP contribution is -2.26. The van der Waals surface area contributed by atoms with Crippen molar-refractivity contribution in [1.82, 2.24) is 25.1 Å². The quantitative estimate of drug-likeness (QED) is 0.239. The van der Waals surface area contributed by atoms with E-state index >= 15 is 0 Å². The summed E-state index contributed by atoms with van der Waals surface area (Å²) < 4.78 is 13.2. The third-order valence-electron chi connectivity index (χ3n) is 6.84. The van der Waals surface area contributed by atoms with Gasteiger partial charge in [0.15, 0.2) is 5.82 Å². The van der Waals surface area contributed by atoms with Gasteiger partial charge in [0.2, 0.25) is 6.41 Å². The molecule has 2 aromatic heterocycles. The van der Waals surface area contributed by atoms with Crippen LogP contribution in [0.2, 0.25) is 0 Å². The van der Waals surface area contributed by atoms with E-state index in [2.05, 4.69) is 43.3 Å². The molecule has 0 saturated heterocycles. The van der Waals surface area contributed by atoms with Gasteiger partial charge in [0.1, 0.15) is 17.3 Å². The summed E-state index contributed by atoms with van der Waals surface area (Å²) in [6.07, 6.45) is 4.83. The van der Waals surface area contributed by atoms with Gasteiger partial charge in [0.05, 0.1) is 26.8 Å². The van der Waals surface area contributed by atoms with Gasteiger partial charge in [-0.15, -0.1) is 10.2 Å². The van der Waals surface area contributed by atoms with Crippen molar-refractivity contribution >= 4 is 17.3 Å². The fourth-order valence-electron chi connectivity index (χ4n) is 4.85. The number of benzene rings is 3. The first kappa shape index (κ1) is 25.1. The summed E-state index contributed by atoms with van der Waals surface area (Å²) in [5, 5.41) is 13.3. The van der Waals surface area contributed by atoms with Crippen LogP contribution in [0.3, 0.4) is 0 Å². The fraction of sp³-hybridized carbons (Fsp3) is 0.233. The molecule has 0 fully saturated rings. The molecular weight excluding hydrogens is 478 g/mol. The van der Waals surface area contributed by atoms with E-state index in [9.17, 15) is 4.79 Å². The lowest BCUT2D eigenvalue weighted by Gasteiger charge is -2.19. The Labute approximate surface area is 221 Å². The minimum Gasteiger partial charge on any atom is -0.497 e. The zero-order valence-electron chi connectivity index (χ0n) is 21.6. The van der Waals surface area contributed by atoms with E-state index < -0.39 is 0 Å². The monoisotopic (exact) mass is 509 g/mol. The molecule has 1 atom stereocenters. The number of hydrogen-bond acceptors (Lipinski definition) is 5. The maximum Gasteiger partial charge on any atom is 0.207 e. The number of amides is 1. The second-order valence-electron chi connectivity index (χ2n) is 9.12. The molecule has 0 unspecified atom stereocenters. The summed E-state index contributed by atoms with van der Waals surface area (Å²) in [5.74, 6) is 2.98. The highest BCUT2D eigenvalue weighted by Gasteiger charge is 2.23. The maximum absolute atomic E-state index is 11.7. The van der Waals surface area contributed by atoms with Crippen LogP contribution in [-0.2, 0) is 30.6 Å². The Morgan fingerprint density at radius 3 is 2.55 bits per heavy atom. The standard InChI is InChI=1S/C30H31N5O3/c1-37-24-14-13-22(28(17-24)38-2)19-35-29(15-12-21-8-4-3-5-9-21)33-34-30(35)27(32-20-36)16-23-18-31-26-11-7-6-10-25(23)26/h3-11,13-14,17-18,20,27,31H,12,15-16,19H2,1-2H3,(H,32,36)/t27-/m1/s1. The molecule has 194 valence electrons. The van der Waals surface area contributed by atoms with Gasteiger partial charge in [-0.1, -0.05) is 48.5 Å². The molecular formula is C30H31N5O3. The smallest absolute Gasteiger partial charge is 0.207 e. The van der Waals surface area contributed by atoms with Crippen LogP contribution in [0.5, 0.6) is 11.5 Å². The summed E-state index contributed by atoms with van der Waals surface area (Å²) in [5.41, 5.74) is 4.35. The van der Waals surface area contributed by atoms with Crippen molar-refractivity contribution in [3.8, 4) is 11.5 Å². The first-order chi connectivity index (χ1) is 18.7. The van der Waals surface area contributed by atoms with Crippen molar-refractivity contribution < 1.29 is 14.3 Å². The Balaban J connectivity index is 1.52. The Kier molecular flexibility index (Phi) is 7.68. The SMILES string of the molecule is COc1ccc(Cn2c(CCc3ccccc3)nnc2[C@@H](Cc2c[nH]c3ccccc23)NC=O)c(OC)c1. The van der Waals surface area contributed by atoms with E-state index in [-0.39, 0.29) is 6.04 Å². The summed E-state index contributed by atoms with van der Waals surface area (Å²) in [6, 6.07) is 23.9. The Morgan fingerprint density at radius 1 is 0.947 bits per heavy atom. The van der Waals surface area contributed by atoms with E-state index in [1.165, 1.54) is 5.56 Å². The van der Waals surface area contributed by atoms with Crippen LogP contribution < -0.4 is 14.8 Å². The second-order valence-corrected chi connectivity index (χ2v) is 9.12. The molecule has 5 rings (SSSR count). The molecule has 0 spiro atoms. The fourth-order valence-corrected chi connectivity index (χ4v) is 4.85. The van der Waals surface area contributed by atoms with Crippen LogP contribution >= 0.6 is 0 Å². The van der Waals surface area contributed by atoms with E-state index in [1.54, 1.807) is 14.2 Å². The minimum atomic E-state index is -0.367. The zero-order valence-corrected chi connectivity index (χ0v) is 21.6. The van der Waals surface area contributed by atoms with Gasteiger partial charge in [0.25, 0.3) is 0 Å². The molecule has 0 aliphatic rings. The molecule has 0 saturated carbocycles. The topological polar surface area (TPSA) is 94.1 Å². The third-order valence-corrected chi connectivity index (χ3v) is 6.84. The number of methoxy groups -OCH3 is 2. The van der Waals surface area contributed by atoms with Crippen LogP contribution in [0, 0.1) is 0 Å². The summed E-state index contributed by atoms with van der Waals surface area (Å²) in [6.45, 7) is 0.491. The maximum atomic E-state index is 11.7. The van der Waals surface area contributed by atoms with Gasteiger partial charge in [-0.05, 0) is 35.7 Å². The molecule has 3 aromatic carbocycles. The predicted molar refractivity (Wildman–Crippen MR) is 146 cm³/mol. The van der Waals surface area contributed by atoms with Crippen molar-refractivity contribution in [2.75, 3.05) is 14.2 Å². The van der Waals surface area contributed by atoms with Crippen LogP contribution in [0.15, 0.2) is 79.0 Å². The first-order valence-electron chi connectivity index (χ1n) is 12.6. The predicted octanol–water partition coefficient (Wildman–Crippen LogP) is 4.64. The number of para-hydroxylation sites is 1. The molecule has 1 amide bonds. The number of fused-ring (bicyclic) bond motifs is 1. The Morgan fingerprint density at radius 2 is 1.76 bits per heavy atom. The Hall–Kier alpha value is -4.59. The minimum absolute atomic E-state index is 0.367. The number of nitrogens with one attached hydrogen (secondary N) is 2. The van der Waals surface area contributed by atoms with E-state index in [0.29, 0.717) is 25.2 Å². The number of aromatic amines is 1. The lowest BCUT2D eigenvalue weighted by molar-refractivity contribution is -0.110. The summed E-state index contributed by atoms with van der Waals surface area (Å²) >= 11 is 0. The summed E-state index contributed by atoms with van der Waals surface area (Å²) in [7, 11) is 3.28. The van der Waals surface area contributed by atoms with E-state index in [0.717, 1.165) is 52.2 Å². The van der Waals surface area contributed by atoms with Crippen molar-refractivity contribution in [1.29, 1.82) is 0 Å². The molecule has 0 aliphatic carbocycles. The molecule has 0 aliphatic heterocycles. The molecule has 5 aromatic rings. The van der Waals surface area contributed by atoms with Gasteiger partial charge in [-0.25, -0.2) is 0 Å². The molecule has 8 nitrogen and oxygen atoms in total. The lowest BCUT2D eigenvalue weighted by atomic mass is 10.0. The van der Waals surface area contributed by atoms with Crippen molar-refractivity contribution in [3.05, 3.63) is 107 Å². The number of rotatable bonds is 12. The van der Waals surface area contributed by atoms with Gasteiger partial charge in [0, 0.05) is 41.6 Å². The second kappa shape index (κ2) is 11.6. The molecule has 2 heterocycles. The number of aromatic nitrogens is 4. The van der Waals surface area contributed by atoms with Gasteiger partial charge in [-0.3, -0.25) is 4.79 Å². The van der Waals surface area contributed by atoms with Gasteiger partial charge < -0.3 is 24.3 Å². The van der Waals surface area contributed by atoms with Crippen LogP contribution in [0.4, 0.5) is 0 Å². The number of H-pyrrole nitrogens is 1. The average molecular weight is 510 g/mol. The number of carbonyl (C=O) groups excluding carboxylic acids is 1. The first-order valence-corrected chi connectivity index (χ1v) is 12.6. The van der Waals surface area contributed by atoms with Crippen molar-refractivity contribution in [2.45, 2.75) is 31.8 Å². The molecule has 8 heteroatoms. The Bertz CT molecular complexity index is 1510. The average Bonchev–Trinajstić information content (AvgIpc) is 3.56. The van der Waals surface area contributed by atoms with E-state index in [4.69, 9.17) is 9.47 Å².